The Balaban J connectivity index is 1.35. The van der Waals surface area contributed by atoms with Gasteiger partial charge in [0.25, 0.3) is 0 Å². The molecule has 6 nitrogen and oxygen atoms in total. The molecule has 1 aliphatic rings. The Morgan fingerprint density at radius 1 is 0.885 bits per heavy atom. The maximum absolute atomic E-state index is 4.40. The van der Waals surface area contributed by atoms with Gasteiger partial charge >= 0.3 is 0 Å². The van der Waals surface area contributed by atoms with Gasteiger partial charge in [-0.2, -0.15) is 5.10 Å². The summed E-state index contributed by atoms with van der Waals surface area (Å²) in [6.45, 7) is 6.93. The number of aromatic nitrogens is 4. The first-order valence-electron chi connectivity index (χ1n) is 8.75. The smallest absolute Gasteiger partial charge is 0.175 e. The van der Waals surface area contributed by atoms with E-state index in [4.69, 9.17) is 0 Å². The minimum absolute atomic E-state index is 0.746. The summed E-state index contributed by atoms with van der Waals surface area (Å²) >= 11 is 3.49. The minimum atomic E-state index is 0.746. The molecule has 134 valence electrons. The summed E-state index contributed by atoms with van der Waals surface area (Å²) in [5.74, 6) is 1.68. The molecule has 0 radical (unpaired) electrons. The van der Waals surface area contributed by atoms with Gasteiger partial charge in [-0.25, -0.2) is 4.68 Å². The van der Waals surface area contributed by atoms with E-state index in [0.29, 0.717) is 0 Å². The summed E-state index contributed by atoms with van der Waals surface area (Å²) in [4.78, 5) is 4.78. The number of halogens is 1. The second-order valence-corrected chi connectivity index (χ2v) is 7.46. The molecule has 0 N–H and O–H groups in total. The van der Waals surface area contributed by atoms with Crippen molar-refractivity contribution in [1.82, 2.24) is 24.9 Å². The average Bonchev–Trinajstić information content (AvgIpc) is 3.11. The van der Waals surface area contributed by atoms with Crippen molar-refractivity contribution in [2.45, 2.75) is 13.5 Å². The van der Waals surface area contributed by atoms with E-state index < -0.39 is 0 Å². The van der Waals surface area contributed by atoms with Crippen LogP contribution >= 0.6 is 15.9 Å². The maximum Gasteiger partial charge on any atom is 0.175 e. The van der Waals surface area contributed by atoms with Crippen LogP contribution in [0.15, 0.2) is 53.1 Å². The van der Waals surface area contributed by atoms with Crippen molar-refractivity contribution in [1.29, 1.82) is 0 Å². The highest BCUT2D eigenvalue weighted by Gasteiger charge is 2.18. The fourth-order valence-electron chi connectivity index (χ4n) is 3.13. The molecule has 3 heterocycles. The van der Waals surface area contributed by atoms with Crippen molar-refractivity contribution in [2.24, 2.45) is 0 Å². The fraction of sp³-hybridized carbons (Fsp3) is 0.316. The first-order chi connectivity index (χ1) is 12.7. The van der Waals surface area contributed by atoms with E-state index >= 15 is 0 Å². The second kappa shape index (κ2) is 7.55. The van der Waals surface area contributed by atoms with E-state index in [-0.39, 0.29) is 0 Å². The molecule has 26 heavy (non-hydrogen) atoms. The van der Waals surface area contributed by atoms with Crippen LogP contribution in [-0.2, 0) is 6.54 Å². The Morgan fingerprint density at radius 2 is 1.58 bits per heavy atom. The van der Waals surface area contributed by atoms with Crippen LogP contribution in [0.4, 0.5) is 5.82 Å². The third kappa shape index (κ3) is 3.94. The molecule has 0 unspecified atom stereocenters. The van der Waals surface area contributed by atoms with Gasteiger partial charge in [-0.3, -0.25) is 4.90 Å². The monoisotopic (exact) mass is 412 g/mol. The van der Waals surface area contributed by atoms with Crippen LogP contribution in [0.5, 0.6) is 0 Å². The molecule has 1 fully saturated rings. The van der Waals surface area contributed by atoms with Crippen LogP contribution in [-0.4, -0.2) is 51.1 Å². The van der Waals surface area contributed by atoms with E-state index in [1.165, 1.54) is 5.56 Å². The van der Waals surface area contributed by atoms with Crippen molar-refractivity contribution in [2.75, 3.05) is 31.1 Å². The fourth-order valence-corrected chi connectivity index (χ4v) is 3.40. The zero-order valence-corrected chi connectivity index (χ0v) is 16.3. The number of rotatable bonds is 4. The van der Waals surface area contributed by atoms with Gasteiger partial charge in [0.15, 0.2) is 11.6 Å². The van der Waals surface area contributed by atoms with Crippen molar-refractivity contribution in [3.05, 3.63) is 64.4 Å². The number of anilines is 1. The number of piperazine rings is 1. The Morgan fingerprint density at radius 3 is 2.19 bits per heavy atom. The predicted octanol–water partition coefficient (Wildman–Crippen LogP) is 3.06. The minimum Gasteiger partial charge on any atom is -0.353 e. The molecule has 3 aromatic rings. The van der Waals surface area contributed by atoms with Gasteiger partial charge in [0.2, 0.25) is 0 Å². The first-order valence-corrected chi connectivity index (χ1v) is 9.55. The van der Waals surface area contributed by atoms with Crippen LogP contribution in [0.25, 0.3) is 5.82 Å². The summed E-state index contributed by atoms with van der Waals surface area (Å²) < 4.78 is 2.88. The molecule has 1 saturated heterocycles. The topological polar surface area (TPSA) is 50.1 Å². The Bertz CT molecular complexity index is 850. The van der Waals surface area contributed by atoms with Gasteiger partial charge in [0.05, 0.1) is 5.69 Å². The molecule has 2 aromatic heterocycles. The highest BCUT2D eigenvalue weighted by molar-refractivity contribution is 9.10. The highest BCUT2D eigenvalue weighted by atomic mass is 79.9. The van der Waals surface area contributed by atoms with Gasteiger partial charge in [-0.05, 0) is 42.8 Å². The van der Waals surface area contributed by atoms with Gasteiger partial charge < -0.3 is 4.90 Å². The van der Waals surface area contributed by atoms with E-state index in [0.717, 1.165) is 54.5 Å². The van der Waals surface area contributed by atoms with Gasteiger partial charge in [-0.15, -0.1) is 10.2 Å². The van der Waals surface area contributed by atoms with Crippen molar-refractivity contribution in [3.63, 3.8) is 0 Å². The molecule has 1 aliphatic heterocycles. The number of aryl methyl sites for hydroxylation is 1. The van der Waals surface area contributed by atoms with Crippen molar-refractivity contribution in [3.8, 4) is 5.82 Å². The summed E-state index contributed by atoms with van der Waals surface area (Å²) in [6.07, 6.45) is 1.90. The largest absolute Gasteiger partial charge is 0.353 e. The Hall–Kier alpha value is -2.25. The molecular weight excluding hydrogens is 392 g/mol. The van der Waals surface area contributed by atoms with E-state index in [1.807, 2.05) is 31.3 Å². The quantitative estimate of drug-likeness (QED) is 0.658. The second-order valence-electron chi connectivity index (χ2n) is 6.54. The molecule has 0 saturated carbocycles. The lowest BCUT2D eigenvalue weighted by Crippen LogP contribution is -2.46. The Labute approximate surface area is 161 Å². The molecule has 0 spiro atoms. The number of hydrogen-bond acceptors (Lipinski definition) is 5. The molecular formula is C19H21BrN6. The molecule has 0 aliphatic carbocycles. The standard InChI is InChI=1S/C19H21BrN6/c1-15-8-9-26(23-15)19-7-6-18(21-22-19)25-12-10-24(11-13-25)14-16-2-4-17(20)5-3-16/h2-9H,10-14H2,1H3. The lowest BCUT2D eigenvalue weighted by molar-refractivity contribution is 0.249. The van der Waals surface area contributed by atoms with Crippen LogP contribution < -0.4 is 4.90 Å². The normalized spacial score (nSPS) is 15.4. The lowest BCUT2D eigenvalue weighted by Gasteiger charge is -2.35. The van der Waals surface area contributed by atoms with E-state index in [1.54, 1.807) is 4.68 Å². The van der Waals surface area contributed by atoms with Crippen LogP contribution in [0.1, 0.15) is 11.3 Å². The molecule has 0 amide bonds. The van der Waals surface area contributed by atoms with E-state index in [2.05, 4.69) is 65.3 Å². The molecule has 4 rings (SSSR count). The third-order valence-electron chi connectivity index (χ3n) is 4.61. The zero-order valence-electron chi connectivity index (χ0n) is 14.7. The summed E-state index contributed by atoms with van der Waals surface area (Å²) in [5, 5.41) is 13.1. The van der Waals surface area contributed by atoms with Crippen LogP contribution in [0, 0.1) is 6.92 Å². The number of benzene rings is 1. The molecule has 1 aromatic carbocycles. The third-order valence-corrected chi connectivity index (χ3v) is 5.14. The van der Waals surface area contributed by atoms with E-state index in [9.17, 15) is 0 Å². The van der Waals surface area contributed by atoms with Gasteiger partial charge in [-0.1, -0.05) is 28.1 Å². The van der Waals surface area contributed by atoms with Crippen LogP contribution in [0.2, 0.25) is 0 Å². The predicted molar refractivity (Wildman–Crippen MR) is 106 cm³/mol. The zero-order chi connectivity index (χ0) is 17.9. The number of hydrogen-bond donors (Lipinski definition) is 0. The molecule has 0 atom stereocenters. The molecule has 7 heteroatoms. The first kappa shape index (κ1) is 17.2. The number of nitrogens with zero attached hydrogens (tertiary/aromatic N) is 6. The highest BCUT2D eigenvalue weighted by Crippen LogP contribution is 2.17. The Kier molecular flexibility index (Phi) is 4.99. The molecule has 0 bridgehead atoms. The summed E-state index contributed by atoms with van der Waals surface area (Å²) in [6, 6.07) is 14.5. The average molecular weight is 413 g/mol. The van der Waals surface area contributed by atoms with Gasteiger partial charge in [0, 0.05) is 43.4 Å². The van der Waals surface area contributed by atoms with Crippen LogP contribution in [0.3, 0.4) is 0 Å². The maximum atomic E-state index is 4.40. The van der Waals surface area contributed by atoms with Crippen molar-refractivity contribution >= 4 is 21.7 Å². The SMILES string of the molecule is Cc1ccn(-c2ccc(N3CCN(Cc4ccc(Br)cc4)CC3)nn2)n1. The van der Waals surface area contributed by atoms with Gasteiger partial charge in [0.1, 0.15) is 0 Å². The van der Waals surface area contributed by atoms with Crippen molar-refractivity contribution < 1.29 is 0 Å². The summed E-state index contributed by atoms with van der Waals surface area (Å²) in [7, 11) is 0. The summed E-state index contributed by atoms with van der Waals surface area (Å²) in [5.41, 5.74) is 2.32. The lowest BCUT2D eigenvalue weighted by atomic mass is 10.2.